The number of amides is 1. The number of quaternary nitrogens is 1. The maximum absolute atomic E-state index is 14.2. The van der Waals surface area contributed by atoms with Crippen molar-refractivity contribution in [3.8, 4) is 5.75 Å². The molecule has 6 heteroatoms. The number of benzene rings is 2. The van der Waals surface area contributed by atoms with Crippen molar-refractivity contribution in [3.63, 3.8) is 0 Å². The van der Waals surface area contributed by atoms with Gasteiger partial charge < -0.3 is 10.1 Å². The third-order valence-corrected chi connectivity index (χ3v) is 8.19. The van der Waals surface area contributed by atoms with Gasteiger partial charge in [-0.15, -0.1) is 0 Å². The van der Waals surface area contributed by atoms with Gasteiger partial charge in [-0.05, 0) is 53.9 Å². The molecule has 0 aliphatic carbocycles. The Morgan fingerprint density at radius 3 is 2.08 bits per heavy atom. The Morgan fingerprint density at radius 1 is 0.972 bits per heavy atom. The second kappa shape index (κ2) is 12.5. The highest BCUT2D eigenvalue weighted by atomic mass is 16.5. The van der Waals surface area contributed by atoms with Gasteiger partial charge in [0.1, 0.15) is 24.5 Å². The summed E-state index contributed by atoms with van der Waals surface area (Å²) in [6.45, 7) is 18.8. The summed E-state index contributed by atoms with van der Waals surface area (Å²) in [7, 11) is 0. The summed E-state index contributed by atoms with van der Waals surface area (Å²) >= 11 is 0. The minimum Gasteiger partial charge on any atom is -0.476 e. The summed E-state index contributed by atoms with van der Waals surface area (Å²) in [6, 6.07) is 16.9. The van der Waals surface area contributed by atoms with E-state index in [1.165, 1.54) is 11.1 Å². The average molecular weight is 495 g/mol. The molecule has 2 aromatic carbocycles. The first kappa shape index (κ1) is 29.5. The summed E-state index contributed by atoms with van der Waals surface area (Å²) in [5, 5.41) is 14.4. The molecule has 1 aliphatic heterocycles. The fraction of sp³-hybridized carbons (Fsp3) is 0.567. The molecule has 3 rings (SSSR count). The van der Waals surface area contributed by atoms with Crippen LogP contribution in [0.1, 0.15) is 78.9 Å². The Kier molecular flexibility index (Phi) is 10.2. The molecule has 1 amide bonds. The minimum atomic E-state index is -0.491. The van der Waals surface area contributed by atoms with E-state index in [0.29, 0.717) is 10.9 Å². The average Bonchev–Trinajstić information content (AvgIpc) is 2.93. The van der Waals surface area contributed by atoms with E-state index in [9.17, 15) is 4.79 Å². The van der Waals surface area contributed by atoms with Crippen LogP contribution in [0.2, 0.25) is 0 Å². The van der Waals surface area contributed by atoms with E-state index in [1.54, 1.807) is 0 Å². The number of hydrogen-bond donors (Lipinski definition) is 2. The number of nitrogens with one attached hydrogen (secondary N) is 2. The lowest BCUT2D eigenvalue weighted by Gasteiger charge is -2.40. The van der Waals surface area contributed by atoms with Gasteiger partial charge in [-0.25, -0.2) is 9.28 Å². The first-order valence-corrected chi connectivity index (χ1v) is 13.3. The molecule has 2 aromatic rings. The summed E-state index contributed by atoms with van der Waals surface area (Å²) < 4.78 is 7.01. The number of ether oxygens (including phenoxy) is 1. The largest absolute Gasteiger partial charge is 0.476 e. The standard InChI is InChI=1S/C30H45N2O2.N2/c1-8-26(28(33)32(20-18-31-19-21-32)24-14-12-11-13-15-24)34-27-17-16-23(29(4,5)9-2)22-25(27)30(6,7)10-3;1-2/h11-17,22,26,31H,8-10,18-21H2,1-7H3;/q+1;/p+1. The molecule has 1 atom stereocenters. The minimum absolute atomic E-state index is 0.0444. The number of piperazine rings is 1. The first-order valence-electron chi connectivity index (χ1n) is 13.3. The molecule has 0 saturated carbocycles. The van der Waals surface area contributed by atoms with E-state index in [0.717, 1.165) is 50.5 Å². The van der Waals surface area contributed by atoms with Gasteiger partial charge in [-0.3, -0.25) is 0 Å². The Labute approximate surface area is 218 Å². The van der Waals surface area contributed by atoms with Crippen LogP contribution in [0, 0.1) is 5.39 Å². The lowest BCUT2D eigenvalue weighted by atomic mass is 9.76. The zero-order valence-corrected chi connectivity index (χ0v) is 23.4. The van der Waals surface area contributed by atoms with Crippen molar-refractivity contribution >= 4 is 11.6 Å². The van der Waals surface area contributed by atoms with Crippen LogP contribution in [-0.2, 0) is 15.6 Å². The van der Waals surface area contributed by atoms with Crippen LogP contribution >= 0.6 is 0 Å². The maximum Gasteiger partial charge on any atom is 0.359 e. The zero-order valence-electron chi connectivity index (χ0n) is 23.4. The number of para-hydroxylation sites is 1. The number of rotatable bonds is 9. The first-order chi connectivity index (χ1) is 17.1. The molecule has 6 nitrogen and oxygen atoms in total. The highest BCUT2D eigenvalue weighted by molar-refractivity contribution is 5.92. The molecule has 2 N–H and O–H groups in total. The van der Waals surface area contributed by atoms with Crippen molar-refractivity contribution in [1.29, 1.82) is 5.39 Å². The molecular weight excluding hydrogens is 448 g/mol. The van der Waals surface area contributed by atoms with Gasteiger partial charge in [0.25, 0.3) is 0 Å². The number of hydrogen-bond acceptors (Lipinski definition) is 4. The number of carbonyl (C=O) groups excluding carboxylic acids is 1. The van der Waals surface area contributed by atoms with Crippen molar-refractivity contribution in [2.24, 2.45) is 0 Å². The maximum atomic E-state index is 14.2. The number of nitrogens with zero attached hydrogens (tertiary/aromatic N) is 2. The van der Waals surface area contributed by atoms with Crippen molar-refractivity contribution in [2.75, 3.05) is 26.2 Å². The van der Waals surface area contributed by atoms with E-state index in [2.05, 4.69) is 84.1 Å². The fourth-order valence-corrected chi connectivity index (χ4v) is 4.81. The highest BCUT2D eigenvalue weighted by Crippen LogP contribution is 2.39. The van der Waals surface area contributed by atoms with Gasteiger partial charge in [0.15, 0.2) is 0 Å². The van der Waals surface area contributed by atoms with Crippen molar-refractivity contribution in [3.05, 3.63) is 59.7 Å². The summed E-state index contributed by atoms with van der Waals surface area (Å²) in [4.78, 5) is 14.2. The normalized spacial score (nSPS) is 16.4. The summed E-state index contributed by atoms with van der Waals surface area (Å²) in [5.74, 6) is 1.01. The van der Waals surface area contributed by atoms with Gasteiger partial charge in [-0.1, -0.05) is 78.8 Å². The van der Waals surface area contributed by atoms with Crippen LogP contribution in [0.4, 0.5) is 5.69 Å². The summed E-state index contributed by atoms with van der Waals surface area (Å²) in [6.07, 6.45) is 2.22. The van der Waals surface area contributed by atoms with Crippen LogP contribution in [-0.4, -0.2) is 38.2 Å². The molecule has 1 heterocycles. The predicted octanol–water partition coefficient (Wildman–Crippen LogP) is 4.64. The monoisotopic (exact) mass is 494 g/mol. The van der Waals surface area contributed by atoms with Gasteiger partial charge >= 0.3 is 5.91 Å². The quantitative estimate of drug-likeness (QED) is 0.393. The van der Waals surface area contributed by atoms with Gasteiger partial charge in [0, 0.05) is 18.7 Å². The van der Waals surface area contributed by atoms with E-state index in [1.807, 2.05) is 18.2 Å². The Bertz CT molecular complexity index is 1010. The van der Waals surface area contributed by atoms with Crippen LogP contribution in [0.5, 0.6) is 5.75 Å². The van der Waals surface area contributed by atoms with Gasteiger partial charge in [0.2, 0.25) is 11.5 Å². The van der Waals surface area contributed by atoms with Crippen molar-refractivity contribution in [2.45, 2.75) is 84.7 Å². The van der Waals surface area contributed by atoms with E-state index in [4.69, 9.17) is 15.5 Å². The molecular formula is C30H46N4O2+2. The smallest absolute Gasteiger partial charge is 0.359 e. The predicted molar refractivity (Wildman–Crippen MR) is 146 cm³/mol. The second-order valence-electron chi connectivity index (χ2n) is 11.0. The lowest BCUT2D eigenvalue weighted by Crippen LogP contribution is -2.66. The van der Waals surface area contributed by atoms with E-state index < -0.39 is 6.10 Å². The van der Waals surface area contributed by atoms with Crippen LogP contribution in [0.25, 0.3) is 0 Å². The van der Waals surface area contributed by atoms with Crippen molar-refractivity contribution < 1.29 is 14.9 Å². The summed E-state index contributed by atoms with van der Waals surface area (Å²) in [5.41, 5.74) is 3.64. The molecule has 0 bridgehead atoms. The molecule has 0 spiro atoms. The lowest BCUT2D eigenvalue weighted by molar-refractivity contribution is -0.175. The molecule has 1 fully saturated rings. The molecule has 0 radical (unpaired) electrons. The van der Waals surface area contributed by atoms with Gasteiger partial charge in [-0.2, -0.15) is 0 Å². The topological polar surface area (TPSA) is 85.9 Å². The third-order valence-electron chi connectivity index (χ3n) is 8.19. The Hall–Kier alpha value is -2.75. The molecule has 36 heavy (non-hydrogen) atoms. The highest BCUT2D eigenvalue weighted by Gasteiger charge is 2.45. The molecule has 1 unspecified atom stereocenters. The van der Waals surface area contributed by atoms with Crippen LogP contribution in [0.15, 0.2) is 48.5 Å². The Balaban J connectivity index is 0.00000222. The van der Waals surface area contributed by atoms with E-state index in [-0.39, 0.29) is 16.7 Å². The Morgan fingerprint density at radius 2 is 1.56 bits per heavy atom. The van der Waals surface area contributed by atoms with Crippen LogP contribution < -0.4 is 19.9 Å². The third kappa shape index (κ3) is 6.14. The molecule has 0 aromatic heterocycles. The number of carbonyl (C=O) groups is 1. The molecule has 1 saturated heterocycles. The van der Waals surface area contributed by atoms with E-state index >= 15 is 0 Å². The number of diazo groups is 1. The molecule has 196 valence electrons. The zero-order chi connectivity index (χ0) is 27.0. The van der Waals surface area contributed by atoms with Crippen molar-refractivity contribution in [1.82, 2.24) is 9.80 Å². The van der Waals surface area contributed by atoms with Gasteiger partial charge in [0.05, 0.1) is 5.39 Å². The molecule has 1 aliphatic rings. The SMILES string of the molecule is CCC(Oc1ccc(C(C)(C)CC)cc1C(C)(C)CC)C(=O)[N+]1(c2ccccc2)CCNCC1.N#[NH+]. The second-order valence-corrected chi connectivity index (χ2v) is 11.0. The van der Waals surface area contributed by atoms with Crippen LogP contribution in [0.3, 0.4) is 0 Å². The fourth-order valence-electron chi connectivity index (χ4n) is 4.81.